The number of benzene rings is 2. The summed E-state index contributed by atoms with van der Waals surface area (Å²) in [5, 5.41) is 2.30. The Labute approximate surface area is 118 Å². The van der Waals surface area contributed by atoms with Gasteiger partial charge in [0, 0.05) is 28.9 Å². The molecule has 0 atom stereocenters. The SMILES string of the molecule is Cc1nc(CN)c2ccccc2c1-c1ccc(N)cc1. The summed E-state index contributed by atoms with van der Waals surface area (Å²) in [6.45, 7) is 2.47. The predicted molar refractivity (Wildman–Crippen MR) is 84.2 cm³/mol. The number of nitrogen functional groups attached to an aromatic ring is 1. The molecule has 0 spiro atoms. The molecule has 0 fully saturated rings. The summed E-state index contributed by atoms with van der Waals surface area (Å²) in [5.74, 6) is 0. The number of aromatic nitrogens is 1. The van der Waals surface area contributed by atoms with Gasteiger partial charge in [0.1, 0.15) is 0 Å². The Kier molecular flexibility index (Phi) is 3.12. The molecule has 100 valence electrons. The van der Waals surface area contributed by atoms with E-state index in [9.17, 15) is 0 Å². The summed E-state index contributed by atoms with van der Waals surface area (Å²) >= 11 is 0. The Balaban J connectivity index is 2.35. The Morgan fingerprint density at radius 3 is 2.25 bits per heavy atom. The number of anilines is 1. The van der Waals surface area contributed by atoms with E-state index < -0.39 is 0 Å². The average molecular weight is 263 g/mol. The monoisotopic (exact) mass is 263 g/mol. The number of hydrogen-bond acceptors (Lipinski definition) is 3. The standard InChI is InChI=1S/C17H17N3/c1-11-17(12-6-8-13(19)9-7-12)15-5-3-2-4-14(15)16(10-18)20-11/h2-9H,10,18-19H2,1H3. The van der Waals surface area contributed by atoms with Crippen molar-refractivity contribution >= 4 is 16.5 Å². The molecule has 0 unspecified atom stereocenters. The largest absolute Gasteiger partial charge is 0.399 e. The van der Waals surface area contributed by atoms with Gasteiger partial charge in [0.2, 0.25) is 0 Å². The Morgan fingerprint density at radius 1 is 0.950 bits per heavy atom. The molecule has 2 aromatic carbocycles. The topological polar surface area (TPSA) is 64.9 Å². The first-order valence-electron chi connectivity index (χ1n) is 6.65. The molecule has 0 radical (unpaired) electrons. The lowest BCUT2D eigenvalue weighted by Crippen LogP contribution is -2.03. The molecule has 1 heterocycles. The van der Waals surface area contributed by atoms with E-state index >= 15 is 0 Å². The number of rotatable bonds is 2. The highest BCUT2D eigenvalue weighted by Crippen LogP contribution is 2.32. The third-order valence-electron chi connectivity index (χ3n) is 3.56. The zero-order valence-corrected chi connectivity index (χ0v) is 11.4. The van der Waals surface area contributed by atoms with Gasteiger partial charge in [-0.05, 0) is 30.0 Å². The molecule has 4 N–H and O–H groups in total. The van der Waals surface area contributed by atoms with Crippen LogP contribution >= 0.6 is 0 Å². The molecular formula is C17H17N3. The second-order valence-electron chi connectivity index (χ2n) is 4.89. The summed E-state index contributed by atoms with van der Waals surface area (Å²) < 4.78 is 0. The summed E-state index contributed by atoms with van der Waals surface area (Å²) in [6, 6.07) is 16.2. The number of hydrogen-bond donors (Lipinski definition) is 2. The molecule has 0 bridgehead atoms. The molecule has 20 heavy (non-hydrogen) atoms. The van der Waals surface area contributed by atoms with Crippen LogP contribution in [0.1, 0.15) is 11.4 Å². The number of nitrogens with two attached hydrogens (primary N) is 2. The summed E-state index contributed by atoms with van der Waals surface area (Å²) in [5.41, 5.74) is 16.6. The Morgan fingerprint density at radius 2 is 1.60 bits per heavy atom. The first kappa shape index (κ1) is 12.6. The van der Waals surface area contributed by atoms with Gasteiger partial charge >= 0.3 is 0 Å². The average Bonchev–Trinajstić information content (AvgIpc) is 2.48. The van der Waals surface area contributed by atoms with E-state index in [0.717, 1.165) is 33.6 Å². The van der Waals surface area contributed by atoms with Gasteiger partial charge in [-0.15, -0.1) is 0 Å². The lowest BCUT2D eigenvalue weighted by molar-refractivity contribution is 0.989. The van der Waals surface area contributed by atoms with Crippen molar-refractivity contribution in [1.29, 1.82) is 0 Å². The first-order valence-corrected chi connectivity index (χ1v) is 6.65. The van der Waals surface area contributed by atoms with Crippen molar-refractivity contribution in [3.8, 4) is 11.1 Å². The van der Waals surface area contributed by atoms with E-state index in [-0.39, 0.29) is 0 Å². The van der Waals surface area contributed by atoms with Crippen molar-refractivity contribution in [2.45, 2.75) is 13.5 Å². The van der Waals surface area contributed by atoms with E-state index in [4.69, 9.17) is 11.5 Å². The van der Waals surface area contributed by atoms with Gasteiger partial charge in [0.25, 0.3) is 0 Å². The van der Waals surface area contributed by atoms with Crippen molar-refractivity contribution in [1.82, 2.24) is 4.98 Å². The van der Waals surface area contributed by atoms with Gasteiger partial charge in [0.15, 0.2) is 0 Å². The van der Waals surface area contributed by atoms with Gasteiger partial charge in [-0.3, -0.25) is 4.98 Å². The third-order valence-corrected chi connectivity index (χ3v) is 3.56. The van der Waals surface area contributed by atoms with Gasteiger partial charge in [0.05, 0.1) is 5.69 Å². The predicted octanol–water partition coefficient (Wildman–Crippen LogP) is 3.25. The van der Waals surface area contributed by atoms with Gasteiger partial charge in [-0.1, -0.05) is 36.4 Å². The Hall–Kier alpha value is -2.39. The molecule has 1 aromatic heterocycles. The van der Waals surface area contributed by atoms with E-state index in [1.54, 1.807) is 0 Å². The van der Waals surface area contributed by atoms with Crippen molar-refractivity contribution in [3.63, 3.8) is 0 Å². The summed E-state index contributed by atoms with van der Waals surface area (Å²) in [4.78, 5) is 4.66. The van der Waals surface area contributed by atoms with Crippen LogP contribution in [0, 0.1) is 6.92 Å². The molecule has 3 rings (SSSR count). The molecule has 0 saturated carbocycles. The molecule has 3 aromatic rings. The molecule has 3 heteroatoms. The van der Waals surface area contributed by atoms with Crippen molar-refractivity contribution in [2.75, 3.05) is 5.73 Å². The summed E-state index contributed by atoms with van der Waals surface area (Å²) in [7, 11) is 0. The number of aryl methyl sites for hydroxylation is 1. The van der Waals surface area contributed by atoms with Crippen LogP contribution < -0.4 is 11.5 Å². The van der Waals surface area contributed by atoms with Crippen LogP contribution in [0.15, 0.2) is 48.5 Å². The van der Waals surface area contributed by atoms with E-state index in [1.807, 2.05) is 43.3 Å². The van der Waals surface area contributed by atoms with Gasteiger partial charge in [-0.25, -0.2) is 0 Å². The van der Waals surface area contributed by atoms with Crippen LogP contribution in [0.25, 0.3) is 21.9 Å². The number of fused-ring (bicyclic) bond motifs is 1. The highest BCUT2D eigenvalue weighted by atomic mass is 14.7. The van der Waals surface area contributed by atoms with Crippen LogP contribution in [0.2, 0.25) is 0 Å². The van der Waals surface area contributed by atoms with E-state index in [1.165, 1.54) is 5.39 Å². The smallest absolute Gasteiger partial charge is 0.0621 e. The van der Waals surface area contributed by atoms with Gasteiger partial charge in [-0.2, -0.15) is 0 Å². The molecule has 0 aliphatic rings. The minimum atomic E-state index is 0.448. The molecule has 0 saturated heterocycles. The third kappa shape index (κ3) is 2.02. The molecule has 3 nitrogen and oxygen atoms in total. The quantitative estimate of drug-likeness (QED) is 0.697. The molecule has 0 amide bonds. The molecule has 0 aliphatic carbocycles. The van der Waals surface area contributed by atoms with Gasteiger partial charge < -0.3 is 11.5 Å². The van der Waals surface area contributed by atoms with Crippen LogP contribution in [-0.2, 0) is 6.54 Å². The second kappa shape index (κ2) is 4.94. The Bertz CT molecular complexity index is 761. The highest BCUT2D eigenvalue weighted by Gasteiger charge is 2.11. The fourth-order valence-corrected chi connectivity index (χ4v) is 2.64. The number of pyridine rings is 1. The lowest BCUT2D eigenvalue weighted by Gasteiger charge is -2.13. The maximum absolute atomic E-state index is 5.81. The van der Waals surface area contributed by atoms with Crippen LogP contribution in [-0.4, -0.2) is 4.98 Å². The van der Waals surface area contributed by atoms with Crippen molar-refractivity contribution in [3.05, 3.63) is 59.9 Å². The van der Waals surface area contributed by atoms with Crippen molar-refractivity contribution < 1.29 is 0 Å². The van der Waals surface area contributed by atoms with Crippen LogP contribution in [0.5, 0.6) is 0 Å². The zero-order valence-electron chi connectivity index (χ0n) is 11.4. The van der Waals surface area contributed by atoms with Crippen molar-refractivity contribution in [2.24, 2.45) is 5.73 Å². The number of nitrogens with zero attached hydrogens (tertiary/aromatic N) is 1. The van der Waals surface area contributed by atoms with E-state index in [0.29, 0.717) is 6.54 Å². The minimum Gasteiger partial charge on any atom is -0.399 e. The molecular weight excluding hydrogens is 246 g/mol. The van der Waals surface area contributed by atoms with Crippen LogP contribution in [0.3, 0.4) is 0 Å². The second-order valence-corrected chi connectivity index (χ2v) is 4.89. The van der Waals surface area contributed by atoms with E-state index in [2.05, 4.69) is 17.1 Å². The highest BCUT2D eigenvalue weighted by molar-refractivity contribution is 5.98. The fourth-order valence-electron chi connectivity index (χ4n) is 2.64. The normalized spacial score (nSPS) is 10.9. The maximum Gasteiger partial charge on any atom is 0.0621 e. The summed E-state index contributed by atoms with van der Waals surface area (Å²) in [6.07, 6.45) is 0. The minimum absolute atomic E-state index is 0.448. The molecule has 0 aliphatic heterocycles. The first-order chi connectivity index (χ1) is 9.70. The lowest BCUT2D eigenvalue weighted by atomic mass is 9.96. The fraction of sp³-hybridized carbons (Fsp3) is 0.118. The maximum atomic E-state index is 5.81. The van der Waals surface area contributed by atoms with Crippen LogP contribution in [0.4, 0.5) is 5.69 Å². The zero-order chi connectivity index (χ0) is 14.1.